The standard InChI is InChI=1S/C12H7N3O3/c13-12(18)7-5-15-9(16)4-14-8-3-1-2-6(10(8)15)11(7)17/h1-5H,(H2,13,18). The lowest BCUT2D eigenvalue weighted by Gasteiger charge is -2.06. The molecule has 6 heteroatoms. The first-order valence-electron chi connectivity index (χ1n) is 5.16. The summed E-state index contributed by atoms with van der Waals surface area (Å²) in [6.45, 7) is 0. The van der Waals surface area contributed by atoms with E-state index in [1.54, 1.807) is 12.1 Å². The molecule has 18 heavy (non-hydrogen) atoms. The van der Waals surface area contributed by atoms with Gasteiger partial charge in [-0.2, -0.15) is 0 Å². The predicted octanol–water partition coefficient (Wildman–Crippen LogP) is -0.255. The lowest BCUT2D eigenvalue weighted by Crippen LogP contribution is -2.26. The molecule has 2 aromatic heterocycles. The Balaban J connectivity index is 2.73. The van der Waals surface area contributed by atoms with Crippen molar-refractivity contribution >= 4 is 22.3 Å². The Morgan fingerprint density at radius 1 is 1.28 bits per heavy atom. The summed E-state index contributed by atoms with van der Waals surface area (Å²) in [5.41, 5.74) is 4.94. The van der Waals surface area contributed by atoms with Gasteiger partial charge in [0.1, 0.15) is 5.56 Å². The van der Waals surface area contributed by atoms with Gasteiger partial charge in [0.05, 0.1) is 17.2 Å². The number of aromatic nitrogens is 2. The van der Waals surface area contributed by atoms with E-state index in [0.29, 0.717) is 11.0 Å². The summed E-state index contributed by atoms with van der Waals surface area (Å²) in [4.78, 5) is 38.9. The predicted molar refractivity (Wildman–Crippen MR) is 64.9 cm³/mol. The quantitative estimate of drug-likeness (QED) is 0.635. The fourth-order valence-electron chi connectivity index (χ4n) is 2.01. The van der Waals surface area contributed by atoms with Crippen LogP contribution in [-0.2, 0) is 0 Å². The van der Waals surface area contributed by atoms with Crippen LogP contribution in [-0.4, -0.2) is 15.3 Å². The molecule has 1 amide bonds. The van der Waals surface area contributed by atoms with Crippen LogP contribution in [0.25, 0.3) is 16.4 Å². The maximum absolute atomic E-state index is 12.0. The fraction of sp³-hybridized carbons (Fsp3) is 0. The maximum Gasteiger partial charge on any atom is 0.273 e. The van der Waals surface area contributed by atoms with Crippen LogP contribution in [0.15, 0.2) is 40.2 Å². The van der Waals surface area contributed by atoms with Crippen molar-refractivity contribution in [3.8, 4) is 0 Å². The molecule has 3 aromatic rings. The van der Waals surface area contributed by atoms with Crippen LogP contribution in [0, 0.1) is 0 Å². The van der Waals surface area contributed by atoms with Crippen molar-refractivity contribution in [1.29, 1.82) is 0 Å². The largest absolute Gasteiger partial charge is 0.365 e. The second-order valence-corrected chi connectivity index (χ2v) is 3.88. The molecule has 2 heterocycles. The zero-order valence-electron chi connectivity index (χ0n) is 9.08. The monoisotopic (exact) mass is 241 g/mol. The molecule has 0 spiro atoms. The van der Waals surface area contributed by atoms with Crippen LogP contribution in [0.3, 0.4) is 0 Å². The average molecular weight is 241 g/mol. The average Bonchev–Trinajstić information content (AvgIpc) is 2.35. The normalized spacial score (nSPS) is 11.1. The number of carbonyl (C=O) groups excluding carboxylic acids is 1. The first-order chi connectivity index (χ1) is 8.59. The van der Waals surface area contributed by atoms with Gasteiger partial charge >= 0.3 is 0 Å². The minimum absolute atomic E-state index is 0.205. The molecular formula is C12H7N3O3. The topological polar surface area (TPSA) is 94.5 Å². The van der Waals surface area contributed by atoms with Crippen LogP contribution >= 0.6 is 0 Å². The molecular weight excluding hydrogens is 234 g/mol. The van der Waals surface area contributed by atoms with Crippen molar-refractivity contribution in [3.63, 3.8) is 0 Å². The van der Waals surface area contributed by atoms with Gasteiger partial charge in [-0.15, -0.1) is 0 Å². The second kappa shape index (κ2) is 3.36. The van der Waals surface area contributed by atoms with Gasteiger partial charge in [-0.1, -0.05) is 6.07 Å². The van der Waals surface area contributed by atoms with E-state index in [1.165, 1.54) is 16.7 Å². The number of amides is 1. The minimum atomic E-state index is -0.855. The molecule has 0 atom stereocenters. The molecule has 0 aliphatic carbocycles. The molecule has 1 aromatic carbocycles. The van der Waals surface area contributed by atoms with Gasteiger partial charge in [-0.25, -0.2) is 4.98 Å². The molecule has 88 valence electrons. The molecule has 3 rings (SSSR count). The van der Waals surface area contributed by atoms with Crippen LogP contribution in [0.2, 0.25) is 0 Å². The summed E-state index contributed by atoms with van der Waals surface area (Å²) in [5, 5.41) is 0.258. The number of hydrogen-bond acceptors (Lipinski definition) is 4. The van der Waals surface area contributed by atoms with E-state index in [0.717, 1.165) is 6.20 Å². The van der Waals surface area contributed by atoms with Crippen molar-refractivity contribution in [3.05, 3.63) is 56.7 Å². The van der Waals surface area contributed by atoms with Gasteiger partial charge < -0.3 is 5.73 Å². The van der Waals surface area contributed by atoms with E-state index in [-0.39, 0.29) is 10.9 Å². The number of para-hydroxylation sites is 1. The highest BCUT2D eigenvalue weighted by Gasteiger charge is 2.14. The van der Waals surface area contributed by atoms with Crippen molar-refractivity contribution in [2.45, 2.75) is 0 Å². The number of nitrogens with zero attached hydrogens (tertiary/aromatic N) is 2. The summed E-state index contributed by atoms with van der Waals surface area (Å²) >= 11 is 0. The van der Waals surface area contributed by atoms with Gasteiger partial charge in [0, 0.05) is 11.6 Å². The molecule has 0 radical (unpaired) electrons. The smallest absolute Gasteiger partial charge is 0.273 e. The zero-order valence-corrected chi connectivity index (χ0v) is 9.08. The third kappa shape index (κ3) is 1.22. The van der Waals surface area contributed by atoms with Gasteiger partial charge in [-0.05, 0) is 12.1 Å². The van der Waals surface area contributed by atoms with E-state index in [9.17, 15) is 14.4 Å². The molecule has 0 aliphatic rings. The zero-order chi connectivity index (χ0) is 12.9. The fourth-order valence-corrected chi connectivity index (χ4v) is 2.01. The third-order valence-electron chi connectivity index (χ3n) is 2.82. The highest BCUT2D eigenvalue weighted by Crippen LogP contribution is 2.14. The summed E-state index contributed by atoms with van der Waals surface area (Å²) in [6, 6.07) is 4.87. The Hall–Kier alpha value is -2.76. The lowest BCUT2D eigenvalue weighted by molar-refractivity contribution is 0.0999. The van der Waals surface area contributed by atoms with Gasteiger partial charge in [0.25, 0.3) is 11.5 Å². The van der Waals surface area contributed by atoms with E-state index < -0.39 is 16.9 Å². The summed E-state index contributed by atoms with van der Waals surface area (Å²) in [5.74, 6) is -0.855. The van der Waals surface area contributed by atoms with E-state index >= 15 is 0 Å². The molecule has 0 saturated carbocycles. The summed E-state index contributed by atoms with van der Waals surface area (Å²) < 4.78 is 1.22. The Kier molecular flexibility index (Phi) is 1.94. The summed E-state index contributed by atoms with van der Waals surface area (Å²) in [6.07, 6.45) is 2.31. The van der Waals surface area contributed by atoms with E-state index in [1.807, 2.05) is 0 Å². The van der Waals surface area contributed by atoms with Crippen molar-refractivity contribution in [1.82, 2.24) is 9.38 Å². The summed E-state index contributed by atoms with van der Waals surface area (Å²) in [7, 11) is 0. The molecule has 0 aliphatic heterocycles. The van der Waals surface area contributed by atoms with Crippen LogP contribution in [0.4, 0.5) is 0 Å². The SMILES string of the molecule is NC(=O)c1cn2c(=O)cnc3cccc(c1=O)c32. The number of nitrogens with two attached hydrogens (primary N) is 1. The highest BCUT2D eigenvalue weighted by molar-refractivity contribution is 5.99. The first-order valence-corrected chi connectivity index (χ1v) is 5.16. The second-order valence-electron chi connectivity index (χ2n) is 3.88. The van der Waals surface area contributed by atoms with Crippen molar-refractivity contribution in [2.24, 2.45) is 5.73 Å². The number of primary amides is 1. The molecule has 6 nitrogen and oxygen atoms in total. The lowest BCUT2D eigenvalue weighted by atomic mass is 10.1. The molecule has 0 bridgehead atoms. The highest BCUT2D eigenvalue weighted by atomic mass is 16.2. The van der Waals surface area contributed by atoms with Crippen LogP contribution in [0.5, 0.6) is 0 Å². The maximum atomic E-state index is 12.0. The Morgan fingerprint density at radius 3 is 2.78 bits per heavy atom. The Labute approximate surface area is 99.6 Å². The molecule has 0 fully saturated rings. The minimum Gasteiger partial charge on any atom is -0.365 e. The van der Waals surface area contributed by atoms with Crippen molar-refractivity contribution in [2.75, 3.05) is 0 Å². The Morgan fingerprint density at radius 2 is 2.06 bits per heavy atom. The first kappa shape index (κ1) is 10.4. The van der Waals surface area contributed by atoms with Gasteiger partial charge in [0.15, 0.2) is 0 Å². The Bertz CT molecular complexity index is 893. The number of benzene rings is 1. The number of pyridine rings is 1. The number of hydrogen-bond donors (Lipinski definition) is 1. The third-order valence-corrected chi connectivity index (χ3v) is 2.82. The van der Waals surface area contributed by atoms with E-state index in [4.69, 9.17) is 5.73 Å². The van der Waals surface area contributed by atoms with Crippen LogP contribution in [0.1, 0.15) is 10.4 Å². The molecule has 0 unspecified atom stereocenters. The van der Waals surface area contributed by atoms with Crippen molar-refractivity contribution < 1.29 is 4.79 Å². The van der Waals surface area contributed by atoms with Crippen LogP contribution < -0.4 is 16.7 Å². The van der Waals surface area contributed by atoms with Gasteiger partial charge in [-0.3, -0.25) is 18.8 Å². The van der Waals surface area contributed by atoms with E-state index in [2.05, 4.69) is 4.98 Å². The molecule has 2 N–H and O–H groups in total. The number of rotatable bonds is 1. The number of carbonyl (C=O) groups is 1. The van der Waals surface area contributed by atoms with Gasteiger partial charge in [0.2, 0.25) is 5.43 Å². The molecule has 0 saturated heterocycles.